The van der Waals surface area contributed by atoms with E-state index in [0.29, 0.717) is 10.6 Å². The van der Waals surface area contributed by atoms with Gasteiger partial charge in [-0.15, -0.1) is 0 Å². The lowest BCUT2D eigenvalue weighted by Crippen LogP contribution is -2.19. The fourth-order valence-electron chi connectivity index (χ4n) is 1.74. The summed E-state index contributed by atoms with van der Waals surface area (Å²) in [5, 5.41) is 3.05. The molecule has 0 spiro atoms. The van der Waals surface area contributed by atoms with Crippen molar-refractivity contribution in [1.82, 2.24) is 0 Å². The first-order valence-corrected chi connectivity index (χ1v) is 7.61. The molecule has 0 heterocycles. The van der Waals surface area contributed by atoms with Crippen LogP contribution >= 0.6 is 46.4 Å². The van der Waals surface area contributed by atoms with Gasteiger partial charge in [-0.3, -0.25) is 4.79 Å². The number of amides is 1. The van der Waals surface area contributed by atoms with Crippen molar-refractivity contribution < 1.29 is 9.18 Å². The molecule has 0 fully saturated rings. The molecule has 2 aromatic carbocycles. The Morgan fingerprint density at radius 3 is 2.71 bits per heavy atom. The molecule has 0 radical (unpaired) electrons. The highest BCUT2D eigenvalue weighted by molar-refractivity contribution is 14.1. The first kappa shape index (κ1) is 16.1. The van der Waals surface area contributed by atoms with E-state index in [9.17, 15) is 9.18 Å². The van der Waals surface area contributed by atoms with Crippen LogP contribution in [0, 0.1) is 9.39 Å². The summed E-state index contributed by atoms with van der Waals surface area (Å²) in [6, 6.07) is 9.18. The molecule has 2 aromatic rings. The molecule has 0 aliphatic heterocycles. The van der Waals surface area contributed by atoms with Gasteiger partial charge in [-0.05, 0) is 52.9 Å². The largest absolute Gasteiger partial charge is 0.389 e. The van der Waals surface area contributed by atoms with E-state index in [-0.39, 0.29) is 16.2 Å². The predicted molar refractivity (Wildman–Crippen MR) is 94.4 cm³/mol. The second kappa shape index (κ2) is 6.67. The summed E-state index contributed by atoms with van der Waals surface area (Å²) in [5.74, 6) is -0.994. The van der Waals surface area contributed by atoms with Gasteiger partial charge in [-0.25, -0.2) is 4.39 Å². The van der Waals surface area contributed by atoms with Crippen LogP contribution < -0.4 is 11.1 Å². The molecule has 0 unspecified atom stereocenters. The number of hydrogen-bond acceptors (Lipinski definition) is 2. The Morgan fingerprint density at radius 1 is 1.33 bits per heavy atom. The van der Waals surface area contributed by atoms with E-state index in [1.807, 2.05) is 22.6 Å². The maximum atomic E-state index is 13.8. The zero-order valence-electron chi connectivity index (χ0n) is 10.5. The molecular weight excluding hydrogens is 426 g/mol. The van der Waals surface area contributed by atoms with Crippen LogP contribution in [0.5, 0.6) is 0 Å². The van der Waals surface area contributed by atoms with Gasteiger partial charge in [0.25, 0.3) is 5.91 Å². The van der Waals surface area contributed by atoms with Gasteiger partial charge in [0, 0.05) is 8.59 Å². The van der Waals surface area contributed by atoms with E-state index in [2.05, 4.69) is 5.32 Å². The number of hydrogen-bond donors (Lipinski definition) is 2. The Kier molecular flexibility index (Phi) is 5.13. The summed E-state index contributed by atoms with van der Waals surface area (Å²) >= 11 is 12.7. The van der Waals surface area contributed by atoms with E-state index in [1.54, 1.807) is 18.2 Å². The minimum Gasteiger partial charge on any atom is -0.389 e. The second-order valence-corrected chi connectivity index (χ2v) is 6.14. The average molecular weight is 435 g/mol. The zero-order valence-corrected chi connectivity index (χ0v) is 14.2. The monoisotopic (exact) mass is 434 g/mol. The Hall–Kier alpha value is -1.25. The SMILES string of the molecule is NC(=S)c1c(F)cccc1NC(=O)c1cc(Cl)ccc1I. The van der Waals surface area contributed by atoms with Gasteiger partial charge in [0.1, 0.15) is 10.8 Å². The molecule has 1 amide bonds. The van der Waals surface area contributed by atoms with Crippen molar-refractivity contribution in [2.75, 3.05) is 5.32 Å². The van der Waals surface area contributed by atoms with Crippen LogP contribution in [0.1, 0.15) is 15.9 Å². The Morgan fingerprint density at radius 2 is 2.05 bits per heavy atom. The molecule has 3 N–H and O–H groups in total. The smallest absolute Gasteiger partial charge is 0.256 e. The second-order valence-electron chi connectivity index (χ2n) is 4.10. The normalized spacial score (nSPS) is 10.2. The first-order chi connectivity index (χ1) is 9.90. The highest BCUT2D eigenvalue weighted by Gasteiger charge is 2.16. The fourth-order valence-corrected chi connectivity index (χ4v) is 2.70. The first-order valence-electron chi connectivity index (χ1n) is 5.75. The number of carbonyl (C=O) groups excluding carboxylic acids is 1. The van der Waals surface area contributed by atoms with Gasteiger partial charge < -0.3 is 11.1 Å². The van der Waals surface area contributed by atoms with E-state index in [0.717, 1.165) is 3.57 Å². The van der Waals surface area contributed by atoms with E-state index >= 15 is 0 Å². The molecule has 0 aliphatic rings. The summed E-state index contributed by atoms with van der Waals surface area (Å²) in [6.45, 7) is 0. The molecule has 108 valence electrons. The number of rotatable bonds is 3. The lowest BCUT2D eigenvalue weighted by molar-refractivity contribution is 0.102. The van der Waals surface area contributed by atoms with Crippen molar-refractivity contribution in [2.24, 2.45) is 5.73 Å². The number of halogens is 3. The lowest BCUT2D eigenvalue weighted by atomic mass is 10.1. The van der Waals surface area contributed by atoms with Gasteiger partial charge in [0.2, 0.25) is 0 Å². The summed E-state index contributed by atoms with van der Waals surface area (Å²) in [4.78, 5) is 12.2. The summed E-state index contributed by atoms with van der Waals surface area (Å²) in [7, 11) is 0. The maximum absolute atomic E-state index is 13.8. The van der Waals surface area contributed by atoms with Gasteiger partial charge >= 0.3 is 0 Å². The predicted octanol–water partition coefficient (Wildman–Crippen LogP) is 3.97. The molecule has 0 aromatic heterocycles. The molecule has 2 rings (SSSR count). The van der Waals surface area contributed by atoms with Crippen molar-refractivity contribution in [3.05, 3.63) is 61.9 Å². The number of anilines is 1. The minimum atomic E-state index is -0.582. The van der Waals surface area contributed by atoms with E-state index in [1.165, 1.54) is 18.2 Å². The number of benzene rings is 2. The topological polar surface area (TPSA) is 55.1 Å². The quantitative estimate of drug-likeness (QED) is 0.568. The van der Waals surface area contributed by atoms with Crippen molar-refractivity contribution in [1.29, 1.82) is 0 Å². The highest BCUT2D eigenvalue weighted by atomic mass is 127. The maximum Gasteiger partial charge on any atom is 0.256 e. The van der Waals surface area contributed by atoms with E-state index < -0.39 is 11.7 Å². The molecular formula is C14H9ClFIN2OS. The Bertz CT molecular complexity index is 739. The van der Waals surface area contributed by atoms with Crippen LogP contribution in [0.4, 0.5) is 10.1 Å². The number of carbonyl (C=O) groups is 1. The third-order valence-corrected chi connectivity index (χ3v) is 4.06. The molecule has 21 heavy (non-hydrogen) atoms. The molecule has 0 bridgehead atoms. The molecule has 0 saturated carbocycles. The Labute approximate surface area is 144 Å². The molecule has 0 aliphatic carbocycles. The lowest BCUT2D eigenvalue weighted by Gasteiger charge is -2.12. The van der Waals surface area contributed by atoms with Crippen molar-refractivity contribution in [3.8, 4) is 0 Å². The third kappa shape index (κ3) is 3.69. The average Bonchev–Trinajstić information content (AvgIpc) is 2.41. The van der Waals surface area contributed by atoms with E-state index in [4.69, 9.17) is 29.6 Å². The van der Waals surface area contributed by atoms with Crippen molar-refractivity contribution >= 4 is 63.0 Å². The van der Waals surface area contributed by atoms with Crippen LogP contribution in [0.2, 0.25) is 5.02 Å². The van der Waals surface area contributed by atoms with Crippen molar-refractivity contribution in [2.45, 2.75) is 0 Å². The van der Waals surface area contributed by atoms with Gasteiger partial charge in [-0.1, -0.05) is 29.9 Å². The molecule has 3 nitrogen and oxygen atoms in total. The van der Waals surface area contributed by atoms with Crippen LogP contribution in [0.25, 0.3) is 0 Å². The van der Waals surface area contributed by atoms with Crippen LogP contribution in [-0.2, 0) is 0 Å². The molecule has 0 atom stereocenters. The van der Waals surface area contributed by atoms with Crippen LogP contribution in [0.15, 0.2) is 36.4 Å². The highest BCUT2D eigenvalue weighted by Crippen LogP contribution is 2.22. The van der Waals surface area contributed by atoms with Gasteiger partial charge in [0.05, 0.1) is 16.8 Å². The van der Waals surface area contributed by atoms with Gasteiger partial charge in [-0.2, -0.15) is 0 Å². The standard InChI is InChI=1S/C14H9ClFIN2OS/c15-7-4-5-10(17)8(6-7)14(20)19-11-3-1-2-9(16)12(11)13(18)21/h1-6H,(H2,18,21)(H,19,20). The van der Waals surface area contributed by atoms with Crippen LogP contribution in [0.3, 0.4) is 0 Å². The summed E-state index contributed by atoms with van der Waals surface area (Å²) < 4.78 is 14.5. The summed E-state index contributed by atoms with van der Waals surface area (Å²) in [5.41, 5.74) is 6.13. The fraction of sp³-hybridized carbons (Fsp3) is 0. The molecule has 0 saturated heterocycles. The van der Waals surface area contributed by atoms with Gasteiger partial charge in [0.15, 0.2) is 0 Å². The summed E-state index contributed by atoms with van der Waals surface area (Å²) in [6.07, 6.45) is 0. The minimum absolute atomic E-state index is 0.0119. The zero-order chi connectivity index (χ0) is 15.6. The molecule has 7 heteroatoms. The van der Waals surface area contributed by atoms with Crippen LogP contribution in [-0.4, -0.2) is 10.9 Å². The van der Waals surface area contributed by atoms with Crippen molar-refractivity contribution in [3.63, 3.8) is 0 Å². The third-order valence-electron chi connectivity index (χ3n) is 2.68. The number of nitrogens with two attached hydrogens (primary N) is 1. The Balaban J connectivity index is 2.39. The number of thiocarbonyl (C=S) groups is 1. The number of nitrogens with one attached hydrogen (secondary N) is 1.